The molecule has 0 bridgehead atoms. The summed E-state index contributed by atoms with van der Waals surface area (Å²) >= 11 is 8.70. The Morgan fingerprint density at radius 3 is 2.41 bits per heavy atom. The summed E-state index contributed by atoms with van der Waals surface area (Å²) in [6.45, 7) is 4.39. The van der Waals surface area contributed by atoms with Crippen LogP contribution >= 0.6 is 28.2 Å². The zero-order chi connectivity index (χ0) is 16.1. The lowest BCUT2D eigenvalue weighted by molar-refractivity contribution is 0.265. The lowest BCUT2D eigenvalue weighted by atomic mass is 9.81. The van der Waals surface area contributed by atoms with Gasteiger partial charge in [-0.25, -0.2) is 4.39 Å². The van der Waals surface area contributed by atoms with Crippen LogP contribution in [0.4, 0.5) is 4.39 Å². The van der Waals surface area contributed by atoms with E-state index in [9.17, 15) is 4.39 Å². The van der Waals surface area contributed by atoms with Crippen LogP contribution in [0.3, 0.4) is 0 Å². The van der Waals surface area contributed by atoms with E-state index in [0.717, 1.165) is 17.7 Å². The molecule has 2 rings (SSSR count). The number of rotatable bonds is 6. The average molecular weight is 362 g/mol. The fraction of sp³-hybridized carbons (Fsp3) is 0.588. The average Bonchev–Trinajstić information content (AvgIpc) is 2.50. The van der Waals surface area contributed by atoms with Gasteiger partial charge >= 0.3 is 0 Å². The van der Waals surface area contributed by atoms with Crippen molar-refractivity contribution in [2.45, 2.75) is 69.2 Å². The molecule has 0 radical (unpaired) electrons. The minimum Gasteiger partial charge on any atom is -0.272 e. The molecule has 0 amide bonds. The Kier molecular flexibility index (Phi) is 6.89. The van der Waals surface area contributed by atoms with Gasteiger partial charge in [-0.2, -0.15) is 0 Å². The van der Waals surface area contributed by atoms with Gasteiger partial charge in [0.1, 0.15) is 5.82 Å². The first-order chi connectivity index (χ1) is 10.5. The zero-order valence-electron chi connectivity index (χ0n) is 13.4. The van der Waals surface area contributed by atoms with Crippen molar-refractivity contribution in [3.05, 3.63) is 30.1 Å². The van der Waals surface area contributed by atoms with Crippen molar-refractivity contribution in [2.24, 2.45) is 0 Å². The molecule has 1 saturated carbocycles. The molecular formula is C17H26ClFNPS. The molecule has 5 heteroatoms. The molecule has 124 valence electrons. The summed E-state index contributed by atoms with van der Waals surface area (Å²) in [5.41, 5.74) is -1.79. The van der Waals surface area contributed by atoms with Gasteiger partial charge in [-0.15, -0.1) is 0 Å². The molecule has 1 unspecified atom stereocenters. The van der Waals surface area contributed by atoms with Crippen LogP contribution in [0.2, 0.25) is 0 Å². The SMILES string of the molecule is CCC=P(Cl)(NC1(CC)CCCCC1)Sc1ccc(F)cc1. The van der Waals surface area contributed by atoms with Crippen LogP contribution in [-0.4, -0.2) is 11.3 Å². The third-order valence-electron chi connectivity index (χ3n) is 4.35. The monoisotopic (exact) mass is 361 g/mol. The molecule has 0 saturated heterocycles. The Balaban J connectivity index is 2.20. The van der Waals surface area contributed by atoms with Crippen LogP contribution in [0, 0.1) is 5.82 Å². The van der Waals surface area contributed by atoms with Gasteiger partial charge in [0.2, 0.25) is 0 Å². The molecule has 1 aliphatic carbocycles. The highest BCUT2D eigenvalue weighted by atomic mass is 35.7. The summed E-state index contributed by atoms with van der Waals surface area (Å²) in [6, 6.07) is 6.65. The van der Waals surface area contributed by atoms with Crippen molar-refractivity contribution in [3.63, 3.8) is 0 Å². The van der Waals surface area contributed by atoms with Crippen LogP contribution in [0.1, 0.15) is 58.8 Å². The first-order valence-electron chi connectivity index (χ1n) is 8.18. The zero-order valence-corrected chi connectivity index (χ0v) is 15.9. The predicted octanol–water partition coefficient (Wildman–Crippen LogP) is 6.83. The highest BCUT2D eigenvalue weighted by Crippen LogP contribution is 2.65. The van der Waals surface area contributed by atoms with Crippen molar-refractivity contribution in [1.29, 1.82) is 0 Å². The molecule has 1 aromatic rings. The van der Waals surface area contributed by atoms with Gasteiger partial charge in [-0.05, 0) is 55.7 Å². The second kappa shape index (κ2) is 8.24. The minimum atomic E-state index is -1.97. The highest BCUT2D eigenvalue weighted by molar-refractivity contribution is 8.68. The first-order valence-corrected chi connectivity index (χ1v) is 12.4. The topological polar surface area (TPSA) is 12.0 Å². The van der Waals surface area contributed by atoms with Crippen LogP contribution < -0.4 is 5.09 Å². The Hall–Kier alpha value is 0.0500. The highest BCUT2D eigenvalue weighted by Gasteiger charge is 2.34. The standard InChI is InChI=1S/C17H26ClFNPS/c1-3-14-21(18,22-16-10-8-15(19)9-11-16)20-17(4-2)12-6-5-7-13-17/h8-11,14,20H,3-7,12-13H2,1-2H3. The number of benzene rings is 1. The van der Waals surface area contributed by atoms with Crippen molar-refractivity contribution in [2.75, 3.05) is 0 Å². The summed E-state index contributed by atoms with van der Waals surface area (Å²) in [5, 5.41) is 3.85. The second-order valence-electron chi connectivity index (χ2n) is 6.02. The van der Waals surface area contributed by atoms with Crippen molar-refractivity contribution >= 4 is 34.0 Å². The van der Waals surface area contributed by atoms with Gasteiger partial charge < -0.3 is 0 Å². The maximum absolute atomic E-state index is 13.1. The summed E-state index contributed by atoms with van der Waals surface area (Å²) in [7, 11) is 0. The normalized spacial score (nSPS) is 20.4. The molecule has 1 aliphatic rings. The molecule has 0 aromatic heterocycles. The lowest BCUT2D eigenvalue weighted by Gasteiger charge is -2.41. The molecule has 1 aromatic carbocycles. The Morgan fingerprint density at radius 1 is 1.23 bits per heavy atom. The van der Waals surface area contributed by atoms with Crippen molar-refractivity contribution in [3.8, 4) is 0 Å². The lowest BCUT2D eigenvalue weighted by Crippen LogP contribution is -2.43. The molecule has 0 spiro atoms. The number of nitrogens with one attached hydrogen (secondary N) is 1. The maximum Gasteiger partial charge on any atom is 0.123 e. The summed E-state index contributed by atoms with van der Waals surface area (Å²) in [4.78, 5) is 1.03. The summed E-state index contributed by atoms with van der Waals surface area (Å²) in [5.74, 6) is 2.03. The molecule has 1 fully saturated rings. The Labute approximate surface area is 143 Å². The van der Waals surface area contributed by atoms with E-state index in [2.05, 4.69) is 24.7 Å². The smallest absolute Gasteiger partial charge is 0.123 e. The quantitative estimate of drug-likeness (QED) is 0.557. The van der Waals surface area contributed by atoms with Gasteiger partial charge in [-0.1, -0.05) is 55.7 Å². The third-order valence-corrected chi connectivity index (χ3v) is 10.1. The van der Waals surface area contributed by atoms with Crippen LogP contribution in [-0.2, 0) is 0 Å². The molecular weight excluding hydrogens is 336 g/mol. The Bertz CT molecular complexity index is 526. The second-order valence-corrected chi connectivity index (χ2v) is 12.9. The van der Waals surface area contributed by atoms with Crippen molar-refractivity contribution in [1.82, 2.24) is 5.09 Å². The van der Waals surface area contributed by atoms with E-state index in [4.69, 9.17) is 11.2 Å². The van der Waals surface area contributed by atoms with E-state index in [-0.39, 0.29) is 11.4 Å². The molecule has 22 heavy (non-hydrogen) atoms. The third kappa shape index (κ3) is 5.03. The van der Waals surface area contributed by atoms with Crippen LogP contribution in [0.15, 0.2) is 29.2 Å². The fourth-order valence-corrected chi connectivity index (χ4v) is 9.70. The van der Waals surface area contributed by atoms with E-state index in [1.807, 2.05) is 12.1 Å². The first kappa shape index (κ1) is 18.4. The predicted molar refractivity (Wildman–Crippen MR) is 101 cm³/mol. The summed E-state index contributed by atoms with van der Waals surface area (Å²) in [6.07, 6.45) is 8.37. The van der Waals surface area contributed by atoms with E-state index < -0.39 is 5.59 Å². The Morgan fingerprint density at radius 2 is 1.86 bits per heavy atom. The van der Waals surface area contributed by atoms with E-state index >= 15 is 0 Å². The number of hydrogen-bond donors (Lipinski definition) is 1. The van der Waals surface area contributed by atoms with Gasteiger partial charge in [0.25, 0.3) is 0 Å². The molecule has 0 heterocycles. The minimum absolute atomic E-state index is 0.173. The number of halogens is 2. The molecule has 1 N–H and O–H groups in total. The molecule has 1 nitrogen and oxygen atoms in total. The van der Waals surface area contributed by atoms with Crippen LogP contribution in [0.5, 0.6) is 0 Å². The fourth-order valence-electron chi connectivity index (χ4n) is 3.09. The van der Waals surface area contributed by atoms with Gasteiger partial charge in [0, 0.05) is 10.4 Å². The molecule has 1 atom stereocenters. The van der Waals surface area contributed by atoms with Crippen LogP contribution in [0.25, 0.3) is 0 Å². The van der Waals surface area contributed by atoms with Gasteiger partial charge in [-0.3, -0.25) is 5.09 Å². The maximum atomic E-state index is 13.1. The van der Waals surface area contributed by atoms with Gasteiger partial charge in [0.05, 0.1) is 5.59 Å². The number of hydrogen-bond acceptors (Lipinski definition) is 2. The molecule has 0 aliphatic heterocycles. The van der Waals surface area contributed by atoms with Gasteiger partial charge in [0.15, 0.2) is 0 Å². The van der Waals surface area contributed by atoms with E-state index in [1.54, 1.807) is 11.4 Å². The van der Waals surface area contributed by atoms with E-state index in [1.165, 1.54) is 44.2 Å². The summed E-state index contributed by atoms with van der Waals surface area (Å²) < 4.78 is 13.1. The largest absolute Gasteiger partial charge is 0.272 e. The van der Waals surface area contributed by atoms with E-state index in [0.29, 0.717) is 0 Å². The van der Waals surface area contributed by atoms with Crippen molar-refractivity contribution < 1.29 is 4.39 Å².